The summed E-state index contributed by atoms with van der Waals surface area (Å²) >= 11 is 0. The second-order valence-corrected chi connectivity index (χ2v) is 9.99. The number of hydrogen-bond acceptors (Lipinski definition) is 2. The molecular formula is C30H35N3. The maximum Gasteiger partial charge on any atom is 0.169 e. The minimum atomic E-state index is 0.552. The van der Waals surface area contributed by atoms with Crippen LogP contribution in [0.3, 0.4) is 0 Å². The lowest BCUT2D eigenvalue weighted by Crippen LogP contribution is -2.12. The quantitative estimate of drug-likeness (QED) is 0.298. The Hall–Kier alpha value is -3.20. The molecule has 4 aromatic rings. The number of rotatable bonds is 7. The maximum atomic E-state index is 4.78. The highest BCUT2D eigenvalue weighted by Gasteiger charge is 2.23. The summed E-state index contributed by atoms with van der Waals surface area (Å²) < 4.78 is 2.33. The van der Waals surface area contributed by atoms with Crippen molar-refractivity contribution in [2.75, 3.05) is 0 Å². The lowest BCUT2D eigenvalue weighted by molar-refractivity contribution is 0.631. The molecule has 0 atom stereocenters. The predicted molar refractivity (Wildman–Crippen MR) is 139 cm³/mol. The lowest BCUT2D eigenvalue weighted by atomic mass is 9.91. The van der Waals surface area contributed by atoms with Gasteiger partial charge in [-0.05, 0) is 55.2 Å². The zero-order valence-electron chi connectivity index (χ0n) is 20.8. The Labute approximate surface area is 198 Å². The summed E-state index contributed by atoms with van der Waals surface area (Å²) in [4.78, 5) is 0. The summed E-state index contributed by atoms with van der Waals surface area (Å²) in [5, 5.41) is 9.53. The number of aryl methyl sites for hydroxylation is 2. The van der Waals surface area contributed by atoms with Gasteiger partial charge in [0.05, 0.1) is 5.69 Å². The highest BCUT2D eigenvalue weighted by molar-refractivity contribution is 5.70. The highest BCUT2D eigenvalue weighted by Crippen LogP contribution is 2.35. The molecule has 0 aliphatic heterocycles. The molecule has 0 saturated carbocycles. The number of hydrogen-bond donors (Lipinski definition) is 0. The van der Waals surface area contributed by atoms with E-state index in [9.17, 15) is 0 Å². The molecule has 0 radical (unpaired) electrons. The van der Waals surface area contributed by atoms with Gasteiger partial charge < -0.3 is 0 Å². The Morgan fingerprint density at radius 3 is 1.82 bits per heavy atom. The van der Waals surface area contributed by atoms with Crippen LogP contribution in [0.5, 0.6) is 0 Å². The normalized spacial score (nSPS) is 11.5. The Bertz CT molecular complexity index is 1200. The maximum absolute atomic E-state index is 4.78. The molecule has 0 aliphatic carbocycles. The first kappa shape index (κ1) is 23.0. The van der Waals surface area contributed by atoms with E-state index in [0.717, 1.165) is 35.6 Å². The molecule has 0 saturated heterocycles. The van der Waals surface area contributed by atoms with Crippen LogP contribution in [0.1, 0.15) is 49.9 Å². The van der Waals surface area contributed by atoms with E-state index < -0.39 is 0 Å². The molecule has 1 heterocycles. The Morgan fingerprint density at radius 2 is 1.24 bits per heavy atom. The largest absolute Gasteiger partial charge is 0.274 e. The molecule has 33 heavy (non-hydrogen) atoms. The van der Waals surface area contributed by atoms with Crippen LogP contribution in [0.15, 0.2) is 66.7 Å². The summed E-state index contributed by atoms with van der Waals surface area (Å²) in [6.07, 6.45) is 2.03. The number of nitrogens with zero attached hydrogens (tertiary/aromatic N) is 3. The van der Waals surface area contributed by atoms with Crippen LogP contribution in [0, 0.1) is 25.7 Å². The van der Waals surface area contributed by atoms with Gasteiger partial charge in [0.2, 0.25) is 0 Å². The molecule has 3 nitrogen and oxygen atoms in total. The zero-order chi connectivity index (χ0) is 23.5. The van der Waals surface area contributed by atoms with E-state index in [1.807, 2.05) is 6.07 Å². The smallest absolute Gasteiger partial charge is 0.169 e. The first-order chi connectivity index (χ1) is 15.8. The molecule has 0 fully saturated rings. The van der Waals surface area contributed by atoms with Gasteiger partial charge in [-0.1, -0.05) is 100.0 Å². The van der Waals surface area contributed by atoms with Gasteiger partial charge in [-0.15, -0.1) is 10.2 Å². The van der Waals surface area contributed by atoms with Gasteiger partial charge in [-0.3, -0.25) is 4.57 Å². The highest BCUT2D eigenvalue weighted by atomic mass is 15.3. The fourth-order valence-electron chi connectivity index (χ4n) is 4.68. The van der Waals surface area contributed by atoms with Crippen LogP contribution in [-0.2, 0) is 12.8 Å². The van der Waals surface area contributed by atoms with Gasteiger partial charge >= 0.3 is 0 Å². The third-order valence-corrected chi connectivity index (χ3v) is 5.97. The van der Waals surface area contributed by atoms with Gasteiger partial charge in [0.1, 0.15) is 0 Å². The van der Waals surface area contributed by atoms with Crippen LogP contribution in [0.2, 0.25) is 0 Å². The van der Waals surface area contributed by atoms with Crippen molar-refractivity contribution in [1.82, 2.24) is 14.8 Å². The Balaban J connectivity index is 2.09. The molecular weight excluding hydrogens is 402 g/mol. The second-order valence-electron chi connectivity index (χ2n) is 9.99. The van der Waals surface area contributed by atoms with Crippen LogP contribution in [0.4, 0.5) is 0 Å². The third kappa shape index (κ3) is 4.93. The van der Waals surface area contributed by atoms with Gasteiger partial charge in [0.25, 0.3) is 0 Å². The average Bonchev–Trinajstić information content (AvgIpc) is 3.18. The van der Waals surface area contributed by atoms with Gasteiger partial charge in [-0.2, -0.15) is 0 Å². The van der Waals surface area contributed by atoms with Crippen LogP contribution in [0.25, 0.3) is 28.5 Å². The SMILES string of the molecule is Cc1cc(CC(C)C)c(-n2c(-c3ccccc3)nnc2-c2ccccc2C)c(CC(C)C)c1. The minimum Gasteiger partial charge on any atom is -0.274 e. The lowest BCUT2D eigenvalue weighted by Gasteiger charge is -2.22. The molecule has 0 N–H and O–H groups in total. The molecule has 0 amide bonds. The predicted octanol–water partition coefficient (Wildman–Crippen LogP) is 7.62. The van der Waals surface area contributed by atoms with E-state index in [1.165, 1.54) is 27.9 Å². The van der Waals surface area contributed by atoms with E-state index >= 15 is 0 Å². The molecule has 0 unspecified atom stereocenters. The van der Waals surface area contributed by atoms with Crippen molar-refractivity contribution in [3.63, 3.8) is 0 Å². The van der Waals surface area contributed by atoms with E-state index in [0.29, 0.717) is 11.8 Å². The van der Waals surface area contributed by atoms with Gasteiger partial charge in [0, 0.05) is 11.1 Å². The summed E-state index contributed by atoms with van der Waals surface area (Å²) in [7, 11) is 0. The Morgan fingerprint density at radius 1 is 0.697 bits per heavy atom. The van der Waals surface area contributed by atoms with Gasteiger partial charge in [-0.25, -0.2) is 0 Å². The third-order valence-electron chi connectivity index (χ3n) is 5.97. The molecule has 3 heteroatoms. The zero-order valence-corrected chi connectivity index (χ0v) is 20.8. The molecule has 170 valence electrons. The van der Waals surface area contributed by atoms with E-state index in [2.05, 4.69) is 107 Å². The van der Waals surface area contributed by atoms with Crippen LogP contribution in [-0.4, -0.2) is 14.8 Å². The van der Waals surface area contributed by atoms with E-state index in [-0.39, 0.29) is 0 Å². The van der Waals surface area contributed by atoms with Crippen LogP contribution < -0.4 is 0 Å². The van der Waals surface area contributed by atoms with Crippen molar-refractivity contribution < 1.29 is 0 Å². The summed E-state index contributed by atoms with van der Waals surface area (Å²) in [6.45, 7) is 13.5. The summed E-state index contributed by atoms with van der Waals surface area (Å²) in [5.74, 6) is 2.91. The summed E-state index contributed by atoms with van der Waals surface area (Å²) in [5.41, 5.74) is 8.71. The first-order valence-corrected chi connectivity index (χ1v) is 12.0. The Kier molecular flexibility index (Phi) is 6.78. The molecule has 1 aromatic heterocycles. The molecule has 4 rings (SSSR count). The fourth-order valence-corrected chi connectivity index (χ4v) is 4.68. The number of aromatic nitrogens is 3. The van der Waals surface area contributed by atoms with Gasteiger partial charge in [0.15, 0.2) is 11.6 Å². The standard InChI is InChI=1S/C30H35N3/c1-20(2)16-25-18-22(5)19-26(17-21(3)4)28(25)33-29(24-13-8-7-9-14-24)31-32-30(33)27-15-11-10-12-23(27)6/h7-15,18-21H,16-17H2,1-6H3. The first-order valence-electron chi connectivity index (χ1n) is 12.0. The van der Waals surface area contributed by atoms with Crippen molar-refractivity contribution in [2.45, 2.75) is 54.4 Å². The van der Waals surface area contributed by atoms with Crippen molar-refractivity contribution in [1.29, 1.82) is 0 Å². The fraction of sp³-hybridized carbons (Fsp3) is 0.333. The van der Waals surface area contributed by atoms with Crippen molar-refractivity contribution >= 4 is 0 Å². The molecule has 3 aromatic carbocycles. The van der Waals surface area contributed by atoms with E-state index in [1.54, 1.807) is 0 Å². The van der Waals surface area contributed by atoms with Crippen molar-refractivity contribution in [3.8, 4) is 28.5 Å². The van der Waals surface area contributed by atoms with Crippen molar-refractivity contribution in [2.24, 2.45) is 11.8 Å². The number of benzene rings is 3. The van der Waals surface area contributed by atoms with Crippen molar-refractivity contribution in [3.05, 3.63) is 89.0 Å². The molecule has 0 spiro atoms. The molecule has 0 aliphatic rings. The average molecular weight is 438 g/mol. The topological polar surface area (TPSA) is 30.7 Å². The van der Waals surface area contributed by atoms with Crippen LogP contribution >= 0.6 is 0 Å². The summed E-state index contributed by atoms with van der Waals surface area (Å²) in [6, 6.07) is 23.6. The molecule has 0 bridgehead atoms. The monoisotopic (exact) mass is 437 g/mol. The van der Waals surface area contributed by atoms with E-state index in [4.69, 9.17) is 10.2 Å². The second kappa shape index (κ2) is 9.74. The minimum absolute atomic E-state index is 0.552.